The summed E-state index contributed by atoms with van der Waals surface area (Å²) >= 11 is 0. The third-order valence-electron chi connectivity index (χ3n) is 4.14. The summed E-state index contributed by atoms with van der Waals surface area (Å²) in [5.74, 6) is -0.108. The van der Waals surface area contributed by atoms with Crippen molar-refractivity contribution in [2.24, 2.45) is 0 Å². The maximum absolute atomic E-state index is 12.4. The highest BCUT2D eigenvalue weighted by Gasteiger charge is 2.18. The van der Waals surface area contributed by atoms with E-state index in [0.29, 0.717) is 5.75 Å². The van der Waals surface area contributed by atoms with Gasteiger partial charge in [0.2, 0.25) is 5.91 Å². The van der Waals surface area contributed by atoms with Crippen molar-refractivity contribution in [3.8, 4) is 16.9 Å². The van der Waals surface area contributed by atoms with Crippen molar-refractivity contribution in [1.29, 1.82) is 0 Å². The van der Waals surface area contributed by atoms with Gasteiger partial charge in [0.15, 0.2) is 0 Å². The summed E-state index contributed by atoms with van der Waals surface area (Å²) in [6.07, 6.45) is 0.0596. The Bertz CT molecular complexity index is 890. The molecule has 1 N–H and O–H groups in total. The second kappa shape index (κ2) is 8.81. The lowest BCUT2D eigenvalue weighted by Crippen LogP contribution is -2.29. The van der Waals surface area contributed by atoms with E-state index in [1.807, 2.05) is 72.8 Å². The van der Waals surface area contributed by atoms with Crippen LogP contribution in [0.3, 0.4) is 0 Å². The lowest BCUT2D eigenvalue weighted by atomic mass is 10.0. The zero-order chi connectivity index (χ0) is 19.1. The monoisotopic (exact) mass is 359 g/mol. The van der Waals surface area contributed by atoms with Crippen LogP contribution >= 0.6 is 0 Å². The van der Waals surface area contributed by atoms with E-state index in [4.69, 9.17) is 4.74 Å². The van der Waals surface area contributed by atoms with E-state index in [2.05, 4.69) is 5.32 Å². The number of hydrogen-bond acceptors (Lipinski definition) is 3. The van der Waals surface area contributed by atoms with Crippen molar-refractivity contribution >= 4 is 11.9 Å². The van der Waals surface area contributed by atoms with Crippen molar-refractivity contribution in [2.75, 3.05) is 0 Å². The molecule has 1 atom stereocenters. The number of amides is 1. The summed E-state index contributed by atoms with van der Waals surface area (Å²) in [7, 11) is 0. The first-order valence-corrected chi connectivity index (χ1v) is 8.80. The molecule has 136 valence electrons. The minimum absolute atomic E-state index is 0.0596. The molecule has 3 rings (SSSR count). The van der Waals surface area contributed by atoms with Crippen LogP contribution in [0.4, 0.5) is 0 Å². The zero-order valence-corrected chi connectivity index (χ0v) is 15.1. The lowest BCUT2D eigenvalue weighted by molar-refractivity contribution is -0.135. The number of hydrogen-bond donors (Lipinski definition) is 1. The van der Waals surface area contributed by atoms with Crippen molar-refractivity contribution in [1.82, 2.24) is 5.32 Å². The Morgan fingerprint density at radius 3 is 1.96 bits per heavy atom. The highest BCUT2D eigenvalue weighted by molar-refractivity contribution is 5.77. The van der Waals surface area contributed by atoms with E-state index in [0.717, 1.165) is 16.7 Å². The minimum Gasteiger partial charge on any atom is -0.426 e. The summed E-state index contributed by atoms with van der Waals surface area (Å²) in [5.41, 5.74) is 3.02. The Kier molecular flexibility index (Phi) is 6.00. The summed E-state index contributed by atoms with van der Waals surface area (Å²) in [6, 6.07) is 26.3. The molecule has 0 bridgehead atoms. The first kappa shape index (κ1) is 18.4. The normalized spacial score (nSPS) is 11.4. The molecule has 4 nitrogen and oxygen atoms in total. The molecule has 1 amide bonds. The van der Waals surface area contributed by atoms with Crippen LogP contribution in [0.5, 0.6) is 5.75 Å². The molecule has 0 aliphatic carbocycles. The Morgan fingerprint density at radius 2 is 1.37 bits per heavy atom. The molecule has 0 heterocycles. The first-order valence-electron chi connectivity index (χ1n) is 8.80. The van der Waals surface area contributed by atoms with Crippen LogP contribution in [0.1, 0.15) is 24.9 Å². The quantitative estimate of drug-likeness (QED) is 0.520. The van der Waals surface area contributed by atoms with Crippen LogP contribution < -0.4 is 10.1 Å². The van der Waals surface area contributed by atoms with Gasteiger partial charge in [-0.25, -0.2) is 0 Å². The SMILES string of the molecule is CC(=O)N[C@H](CC(=O)Oc1ccc(-c2ccccc2)cc1)c1ccccc1. The van der Waals surface area contributed by atoms with Gasteiger partial charge >= 0.3 is 5.97 Å². The van der Waals surface area contributed by atoms with Gasteiger partial charge in [-0.05, 0) is 28.8 Å². The molecular weight excluding hydrogens is 338 g/mol. The van der Waals surface area contributed by atoms with E-state index >= 15 is 0 Å². The van der Waals surface area contributed by atoms with E-state index in [1.54, 1.807) is 12.1 Å². The minimum atomic E-state index is -0.417. The average Bonchev–Trinajstić information content (AvgIpc) is 2.69. The highest BCUT2D eigenvalue weighted by atomic mass is 16.5. The maximum atomic E-state index is 12.4. The van der Waals surface area contributed by atoms with Crippen LogP contribution in [-0.2, 0) is 9.59 Å². The van der Waals surface area contributed by atoms with Gasteiger partial charge in [-0.1, -0.05) is 72.8 Å². The number of carbonyl (C=O) groups excluding carboxylic acids is 2. The second-order valence-corrected chi connectivity index (χ2v) is 6.23. The summed E-state index contributed by atoms with van der Waals surface area (Å²) in [6.45, 7) is 1.43. The molecule has 0 radical (unpaired) electrons. The summed E-state index contributed by atoms with van der Waals surface area (Å²) < 4.78 is 5.45. The van der Waals surface area contributed by atoms with Crippen LogP contribution in [0.15, 0.2) is 84.9 Å². The average molecular weight is 359 g/mol. The van der Waals surface area contributed by atoms with Gasteiger partial charge in [0.1, 0.15) is 5.75 Å². The molecule has 3 aromatic rings. The van der Waals surface area contributed by atoms with Crippen molar-refractivity contribution in [2.45, 2.75) is 19.4 Å². The number of rotatable bonds is 6. The van der Waals surface area contributed by atoms with Crippen molar-refractivity contribution < 1.29 is 14.3 Å². The Labute approximate surface area is 158 Å². The zero-order valence-electron chi connectivity index (χ0n) is 15.1. The molecule has 0 saturated carbocycles. The van der Waals surface area contributed by atoms with E-state index < -0.39 is 12.0 Å². The van der Waals surface area contributed by atoms with Crippen LogP contribution in [-0.4, -0.2) is 11.9 Å². The van der Waals surface area contributed by atoms with E-state index in [1.165, 1.54) is 6.92 Å². The number of esters is 1. The van der Waals surface area contributed by atoms with Gasteiger partial charge in [0, 0.05) is 6.92 Å². The van der Waals surface area contributed by atoms with Crippen LogP contribution in [0.2, 0.25) is 0 Å². The Hall–Kier alpha value is -3.40. The molecule has 0 aliphatic rings. The summed E-state index contributed by atoms with van der Waals surface area (Å²) in [4.78, 5) is 23.8. The number of carbonyl (C=O) groups is 2. The third kappa shape index (κ3) is 5.28. The van der Waals surface area contributed by atoms with Gasteiger partial charge in [-0.3, -0.25) is 9.59 Å². The van der Waals surface area contributed by atoms with Gasteiger partial charge in [-0.2, -0.15) is 0 Å². The van der Waals surface area contributed by atoms with Gasteiger partial charge in [0.25, 0.3) is 0 Å². The molecule has 4 heteroatoms. The highest BCUT2D eigenvalue weighted by Crippen LogP contribution is 2.23. The van der Waals surface area contributed by atoms with Crippen LogP contribution in [0, 0.1) is 0 Å². The van der Waals surface area contributed by atoms with Gasteiger partial charge in [0.05, 0.1) is 12.5 Å². The fraction of sp³-hybridized carbons (Fsp3) is 0.130. The molecule has 0 fully saturated rings. The van der Waals surface area contributed by atoms with Gasteiger partial charge < -0.3 is 10.1 Å². The molecule has 27 heavy (non-hydrogen) atoms. The largest absolute Gasteiger partial charge is 0.426 e. The first-order chi connectivity index (χ1) is 13.1. The molecule has 0 unspecified atom stereocenters. The standard InChI is InChI=1S/C23H21NO3/c1-17(25)24-22(20-10-6-3-7-11-20)16-23(26)27-21-14-12-19(13-15-21)18-8-4-2-5-9-18/h2-15,22H,16H2,1H3,(H,24,25)/t22-/m1/s1. The topological polar surface area (TPSA) is 55.4 Å². The maximum Gasteiger partial charge on any atom is 0.313 e. The van der Waals surface area contributed by atoms with Crippen molar-refractivity contribution in [3.63, 3.8) is 0 Å². The fourth-order valence-corrected chi connectivity index (χ4v) is 2.87. The number of benzene rings is 3. The molecule has 0 aromatic heterocycles. The Balaban J connectivity index is 1.66. The Morgan fingerprint density at radius 1 is 0.815 bits per heavy atom. The lowest BCUT2D eigenvalue weighted by Gasteiger charge is -2.17. The fourth-order valence-electron chi connectivity index (χ4n) is 2.87. The smallest absolute Gasteiger partial charge is 0.313 e. The molecule has 0 saturated heterocycles. The van der Waals surface area contributed by atoms with Gasteiger partial charge in [-0.15, -0.1) is 0 Å². The van der Waals surface area contributed by atoms with Crippen molar-refractivity contribution in [3.05, 3.63) is 90.5 Å². The molecular formula is C23H21NO3. The third-order valence-corrected chi connectivity index (χ3v) is 4.14. The second-order valence-electron chi connectivity index (χ2n) is 6.23. The number of ether oxygens (including phenoxy) is 1. The predicted octanol–water partition coefficient (Wildman–Crippen LogP) is 4.53. The van der Waals surface area contributed by atoms with E-state index in [9.17, 15) is 9.59 Å². The number of nitrogens with one attached hydrogen (secondary N) is 1. The van der Waals surface area contributed by atoms with E-state index in [-0.39, 0.29) is 12.3 Å². The summed E-state index contributed by atoms with van der Waals surface area (Å²) in [5, 5.41) is 2.80. The predicted molar refractivity (Wildman–Crippen MR) is 105 cm³/mol. The van der Waals surface area contributed by atoms with Crippen LogP contribution in [0.25, 0.3) is 11.1 Å². The molecule has 0 aliphatic heterocycles. The molecule has 0 spiro atoms. The molecule has 3 aromatic carbocycles.